The van der Waals surface area contributed by atoms with E-state index in [1.165, 1.54) is 0 Å². The first-order valence-corrected chi connectivity index (χ1v) is 10.8. The minimum absolute atomic E-state index is 0.0347. The summed E-state index contributed by atoms with van der Waals surface area (Å²) in [4.78, 5) is 2.20. The van der Waals surface area contributed by atoms with E-state index in [-0.39, 0.29) is 17.5 Å². The van der Waals surface area contributed by atoms with Crippen LogP contribution in [0, 0.1) is 4.77 Å². The lowest BCUT2D eigenvalue weighted by molar-refractivity contribution is 0.152. The topological polar surface area (TPSA) is 73.3 Å². The molecular weight excluding hydrogens is 360 g/mol. The van der Waals surface area contributed by atoms with E-state index in [9.17, 15) is 8.42 Å². The van der Waals surface area contributed by atoms with Gasteiger partial charge >= 0.3 is 0 Å². The normalized spacial score (nSPS) is 19.7. The zero-order valence-corrected chi connectivity index (χ0v) is 16.2. The molecule has 0 saturated carbocycles. The summed E-state index contributed by atoms with van der Waals surface area (Å²) in [6.45, 7) is 3.46. The number of unbranched alkanes of at least 4 members (excludes halogenated alkanes) is 1. The molecule has 3 rings (SSSR count). The van der Waals surface area contributed by atoms with E-state index in [0.29, 0.717) is 29.4 Å². The molecule has 1 saturated heterocycles. The minimum Gasteiger partial charge on any atom is -0.461 e. The Kier molecular flexibility index (Phi) is 5.45. The van der Waals surface area contributed by atoms with E-state index in [2.05, 4.69) is 16.9 Å². The lowest BCUT2D eigenvalue weighted by Crippen LogP contribution is -2.38. The highest BCUT2D eigenvalue weighted by atomic mass is 32.2. The van der Waals surface area contributed by atoms with Crippen LogP contribution in [0.15, 0.2) is 22.8 Å². The summed E-state index contributed by atoms with van der Waals surface area (Å²) in [6.07, 6.45) is 4.36. The standard InChI is InChI=1S/C16H24N4O3S2/c1-3-4-8-19(13-7-10-25(21,22)11-13)12-20-16(24)18(2)15(17-20)14-6-5-9-23-14/h5-6,9,13H,3-4,7-8,10-12H2,1-2H3/t13-/m1/s1. The Balaban J connectivity index is 1.84. The predicted molar refractivity (Wildman–Crippen MR) is 98.4 cm³/mol. The van der Waals surface area contributed by atoms with E-state index < -0.39 is 9.84 Å². The average molecular weight is 385 g/mol. The van der Waals surface area contributed by atoms with Gasteiger partial charge in [-0.2, -0.15) is 0 Å². The summed E-state index contributed by atoms with van der Waals surface area (Å²) in [6, 6.07) is 3.70. The molecule has 0 spiro atoms. The van der Waals surface area contributed by atoms with Crippen LogP contribution in [0.5, 0.6) is 0 Å². The van der Waals surface area contributed by atoms with Gasteiger partial charge in [0, 0.05) is 19.6 Å². The van der Waals surface area contributed by atoms with Crippen molar-refractivity contribution in [1.29, 1.82) is 0 Å². The molecular formula is C16H24N4O3S2. The summed E-state index contributed by atoms with van der Waals surface area (Å²) in [7, 11) is -1.06. The SMILES string of the molecule is CCCCN(Cn1nc(-c2ccco2)n(C)c1=S)[C@@H]1CCS(=O)(=O)C1. The number of rotatable bonds is 7. The van der Waals surface area contributed by atoms with Crippen molar-refractivity contribution in [1.82, 2.24) is 19.2 Å². The zero-order chi connectivity index (χ0) is 18.0. The maximum Gasteiger partial charge on any atom is 0.199 e. The van der Waals surface area contributed by atoms with Gasteiger partial charge in [-0.1, -0.05) is 13.3 Å². The van der Waals surface area contributed by atoms with E-state index in [1.54, 1.807) is 10.9 Å². The van der Waals surface area contributed by atoms with Gasteiger partial charge in [0.05, 0.1) is 24.4 Å². The van der Waals surface area contributed by atoms with Crippen LogP contribution in [-0.2, 0) is 23.6 Å². The van der Waals surface area contributed by atoms with Crippen LogP contribution in [0.2, 0.25) is 0 Å². The Bertz CT molecular complexity index is 868. The Morgan fingerprint density at radius 1 is 1.48 bits per heavy atom. The Morgan fingerprint density at radius 3 is 2.88 bits per heavy atom. The van der Waals surface area contributed by atoms with Crippen LogP contribution in [0.4, 0.5) is 0 Å². The molecule has 7 nitrogen and oxygen atoms in total. The lowest BCUT2D eigenvalue weighted by Gasteiger charge is -2.27. The molecule has 0 unspecified atom stereocenters. The van der Waals surface area contributed by atoms with Crippen LogP contribution in [0.3, 0.4) is 0 Å². The second kappa shape index (κ2) is 7.43. The quantitative estimate of drug-likeness (QED) is 0.683. The predicted octanol–water partition coefficient (Wildman–Crippen LogP) is 2.46. The molecule has 25 heavy (non-hydrogen) atoms. The van der Waals surface area contributed by atoms with Crippen molar-refractivity contribution in [2.24, 2.45) is 7.05 Å². The van der Waals surface area contributed by atoms with Crippen LogP contribution in [0.25, 0.3) is 11.6 Å². The molecule has 2 aromatic heterocycles. The van der Waals surface area contributed by atoms with Gasteiger partial charge in [0.25, 0.3) is 0 Å². The first kappa shape index (κ1) is 18.3. The van der Waals surface area contributed by atoms with Gasteiger partial charge < -0.3 is 8.98 Å². The molecule has 3 heterocycles. The van der Waals surface area contributed by atoms with E-state index in [1.807, 2.05) is 23.7 Å². The molecule has 0 amide bonds. The van der Waals surface area contributed by atoms with Gasteiger partial charge in [0.2, 0.25) is 0 Å². The number of aromatic nitrogens is 3. The molecule has 1 aliphatic heterocycles. The van der Waals surface area contributed by atoms with Crippen LogP contribution < -0.4 is 0 Å². The Morgan fingerprint density at radius 2 is 2.28 bits per heavy atom. The van der Waals surface area contributed by atoms with Crippen molar-refractivity contribution in [3.8, 4) is 11.6 Å². The van der Waals surface area contributed by atoms with Gasteiger partial charge in [-0.3, -0.25) is 4.90 Å². The third-order valence-corrected chi connectivity index (χ3v) is 6.86. The fourth-order valence-electron chi connectivity index (χ4n) is 3.17. The number of furan rings is 1. The third-order valence-electron chi connectivity index (χ3n) is 4.62. The highest BCUT2D eigenvalue weighted by molar-refractivity contribution is 7.91. The fourth-order valence-corrected chi connectivity index (χ4v) is 5.11. The second-order valence-electron chi connectivity index (χ2n) is 6.51. The summed E-state index contributed by atoms with van der Waals surface area (Å²) in [5.74, 6) is 1.83. The fraction of sp³-hybridized carbons (Fsp3) is 0.625. The van der Waals surface area contributed by atoms with Crippen molar-refractivity contribution >= 4 is 22.1 Å². The Labute approximate surface area is 153 Å². The minimum atomic E-state index is -2.92. The van der Waals surface area contributed by atoms with E-state index in [4.69, 9.17) is 16.6 Å². The largest absolute Gasteiger partial charge is 0.461 e. The van der Waals surface area contributed by atoms with Crippen molar-refractivity contribution in [2.75, 3.05) is 18.1 Å². The molecule has 9 heteroatoms. The maximum absolute atomic E-state index is 11.9. The molecule has 1 aliphatic rings. The van der Waals surface area contributed by atoms with Crippen molar-refractivity contribution < 1.29 is 12.8 Å². The first-order valence-electron chi connectivity index (χ1n) is 8.53. The maximum atomic E-state index is 11.9. The highest BCUT2D eigenvalue weighted by Gasteiger charge is 2.32. The number of sulfone groups is 1. The van der Waals surface area contributed by atoms with Crippen LogP contribution in [-0.4, -0.2) is 51.8 Å². The number of hydrogen-bond donors (Lipinski definition) is 0. The molecule has 0 bridgehead atoms. The van der Waals surface area contributed by atoms with E-state index in [0.717, 1.165) is 19.4 Å². The number of nitrogens with zero attached hydrogens (tertiary/aromatic N) is 4. The average Bonchev–Trinajstić information content (AvgIpc) is 3.27. The molecule has 1 fully saturated rings. The molecule has 0 aromatic carbocycles. The molecule has 138 valence electrons. The smallest absolute Gasteiger partial charge is 0.199 e. The Hall–Kier alpha value is -1.45. The van der Waals surface area contributed by atoms with Crippen molar-refractivity contribution in [3.05, 3.63) is 23.2 Å². The number of hydrogen-bond acceptors (Lipinski definition) is 6. The van der Waals surface area contributed by atoms with Crippen LogP contribution in [0.1, 0.15) is 26.2 Å². The van der Waals surface area contributed by atoms with Crippen molar-refractivity contribution in [3.63, 3.8) is 0 Å². The second-order valence-corrected chi connectivity index (χ2v) is 9.10. The summed E-state index contributed by atoms with van der Waals surface area (Å²) in [5, 5.41) is 4.60. The third kappa shape index (κ3) is 4.04. The lowest BCUT2D eigenvalue weighted by atomic mass is 10.2. The van der Waals surface area contributed by atoms with Gasteiger partial charge in [-0.05, 0) is 37.2 Å². The highest BCUT2D eigenvalue weighted by Crippen LogP contribution is 2.21. The summed E-state index contributed by atoms with van der Waals surface area (Å²) >= 11 is 5.52. The van der Waals surface area contributed by atoms with Gasteiger partial charge in [-0.15, -0.1) is 5.10 Å². The molecule has 0 N–H and O–H groups in total. The molecule has 2 aromatic rings. The monoisotopic (exact) mass is 384 g/mol. The zero-order valence-electron chi connectivity index (χ0n) is 14.6. The first-order chi connectivity index (χ1) is 11.9. The molecule has 0 aliphatic carbocycles. The summed E-state index contributed by atoms with van der Waals surface area (Å²) < 4.78 is 33.3. The van der Waals surface area contributed by atoms with Gasteiger partial charge in [0.1, 0.15) is 0 Å². The van der Waals surface area contributed by atoms with Crippen LogP contribution >= 0.6 is 12.2 Å². The summed E-state index contributed by atoms with van der Waals surface area (Å²) in [5.41, 5.74) is 0. The van der Waals surface area contributed by atoms with Crippen molar-refractivity contribution in [2.45, 2.75) is 38.9 Å². The molecule has 1 atom stereocenters. The molecule has 0 radical (unpaired) electrons. The van der Waals surface area contributed by atoms with Gasteiger partial charge in [0.15, 0.2) is 26.2 Å². The van der Waals surface area contributed by atoms with Gasteiger partial charge in [-0.25, -0.2) is 13.1 Å². The van der Waals surface area contributed by atoms with E-state index >= 15 is 0 Å².